The summed E-state index contributed by atoms with van der Waals surface area (Å²) in [5.41, 5.74) is 0. The summed E-state index contributed by atoms with van der Waals surface area (Å²) in [6.45, 7) is 7.76. The molecule has 0 saturated carbocycles. The molecule has 1 aromatic rings. The zero-order valence-corrected chi connectivity index (χ0v) is 13.6. The minimum Gasteiger partial charge on any atom is -0.497 e. The topological polar surface area (TPSA) is 54.9 Å². The van der Waals surface area contributed by atoms with E-state index in [1.54, 1.807) is 14.2 Å². The summed E-state index contributed by atoms with van der Waals surface area (Å²) in [6, 6.07) is 7.93. The van der Waals surface area contributed by atoms with Crippen molar-refractivity contribution in [3.63, 3.8) is 0 Å². The zero-order chi connectivity index (χ0) is 15.7. The molecule has 5 heteroatoms. The summed E-state index contributed by atoms with van der Waals surface area (Å²) in [5, 5.41) is 6.58. The SMILES string of the molecule is CN=C(NCCOc1ccc(OC)cc1)NC(C)C(C)C. The highest BCUT2D eigenvalue weighted by Gasteiger charge is 2.08. The average molecular weight is 293 g/mol. The molecule has 0 saturated heterocycles. The van der Waals surface area contributed by atoms with E-state index in [1.165, 1.54) is 0 Å². The van der Waals surface area contributed by atoms with E-state index in [0.717, 1.165) is 17.5 Å². The molecule has 0 bridgehead atoms. The highest BCUT2D eigenvalue weighted by molar-refractivity contribution is 5.79. The van der Waals surface area contributed by atoms with Gasteiger partial charge in [-0.3, -0.25) is 4.99 Å². The molecule has 1 aromatic carbocycles. The van der Waals surface area contributed by atoms with Crippen molar-refractivity contribution in [2.45, 2.75) is 26.8 Å². The van der Waals surface area contributed by atoms with E-state index < -0.39 is 0 Å². The molecular weight excluding hydrogens is 266 g/mol. The van der Waals surface area contributed by atoms with Crippen molar-refractivity contribution in [1.29, 1.82) is 0 Å². The fourth-order valence-electron chi connectivity index (χ4n) is 1.59. The van der Waals surface area contributed by atoms with Gasteiger partial charge in [0.05, 0.1) is 13.7 Å². The first kappa shape index (κ1) is 17.1. The predicted molar refractivity (Wildman–Crippen MR) is 87.3 cm³/mol. The summed E-state index contributed by atoms with van der Waals surface area (Å²) in [4.78, 5) is 4.20. The molecule has 0 aliphatic heterocycles. The lowest BCUT2D eigenvalue weighted by molar-refractivity contribution is 0.320. The van der Waals surface area contributed by atoms with Gasteiger partial charge < -0.3 is 20.1 Å². The molecule has 0 amide bonds. The Morgan fingerprint density at radius 3 is 2.29 bits per heavy atom. The highest BCUT2D eigenvalue weighted by Crippen LogP contribution is 2.16. The standard InChI is InChI=1S/C16H27N3O2/c1-12(2)13(3)19-16(17-4)18-10-11-21-15-8-6-14(20-5)7-9-15/h6-9,12-13H,10-11H2,1-5H3,(H2,17,18,19). The second kappa shape index (κ2) is 9.10. The van der Waals surface area contributed by atoms with Crippen LogP contribution in [-0.2, 0) is 0 Å². The molecule has 1 rings (SSSR count). The molecule has 0 aromatic heterocycles. The fourth-order valence-corrected chi connectivity index (χ4v) is 1.59. The van der Waals surface area contributed by atoms with Crippen molar-refractivity contribution in [3.05, 3.63) is 24.3 Å². The van der Waals surface area contributed by atoms with Gasteiger partial charge in [-0.2, -0.15) is 0 Å². The fraction of sp³-hybridized carbons (Fsp3) is 0.562. The molecule has 0 radical (unpaired) electrons. The summed E-state index contributed by atoms with van der Waals surface area (Å²) >= 11 is 0. The van der Waals surface area contributed by atoms with Gasteiger partial charge in [0.15, 0.2) is 5.96 Å². The van der Waals surface area contributed by atoms with E-state index >= 15 is 0 Å². The lowest BCUT2D eigenvalue weighted by Crippen LogP contribution is -2.45. The Morgan fingerprint density at radius 2 is 1.76 bits per heavy atom. The van der Waals surface area contributed by atoms with E-state index in [1.807, 2.05) is 24.3 Å². The van der Waals surface area contributed by atoms with Crippen LogP contribution in [0.3, 0.4) is 0 Å². The summed E-state index contributed by atoms with van der Waals surface area (Å²) in [6.07, 6.45) is 0. The van der Waals surface area contributed by atoms with Crippen molar-refractivity contribution >= 4 is 5.96 Å². The Morgan fingerprint density at radius 1 is 1.14 bits per heavy atom. The Balaban J connectivity index is 2.28. The Kier molecular flexibility index (Phi) is 7.43. The van der Waals surface area contributed by atoms with Gasteiger partial charge in [-0.05, 0) is 37.1 Å². The molecule has 0 aliphatic rings. The number of methoxy groups -OCH3 is 1. The minimum atomic E-state index is 0.374. The molecule has 5 nitrogen and oxygen atoms in total. The molecular formula is C16H27N3O2. The predicted octanol–water partition coefficient (Wildman–Crippen LogP) is 2.28. The minimum absolute atomic E-state index is 0.374. The third-order valence-corrected chi connectivity index (χ3v) is 3.31. The zero-order valence-electron chi connectivity index (χ0n) is 13.6. The van der Waals surface area contributed by atoms with Crippen LogP contribution < -0.4 is 20.1 Å². The number of aliphatic imine (C=N–C) groups is 1. The normalized spacial score (nSPS) is 13.0. The molecule has 2 N–H and O–H groups in total. The van der Waals surface area contributed by atoms with Gasteiger partial charge in [0, 0.05) is 13.1 Å². The third-order valence-electron chi connectivity index (χ3n) is 3.31. The summed E-state index contributed by atoms with van der Waals surface area (Å²) in [7, 11) is 3.42. The quantitative estimate of drug-likeness (QED) is 0.460. The Hall–Kier alpha value is -1.91. The number of guanidine groups is 1. The van der Waals surface area contributed by atoms with Crippen LogP contribution in [0, 0.1) is 5.92 Å². The van der Waals surface area contributed by atoms with Gasteiger partial charge in [-0.25, -0.2) is 0 Å². The Bertz CT molecular complexity index is 430. The van der Waals surface area contributed by atoms with Crippen molar-refractivity contribution < 1.29 is 9.47 Å². The van der Waals surface area contributed by atoms with Crippen LogP contribution in [-0.4, -0.2) is 39.3 Å². The van der Waals surface area contributed by atoms with Crippen molar-refractivity contribution in [2.75, 3.05) is 27.3 Å². The van der Waals surface area contributed by atoms with Gasteiger partial charge in [-0.15, -0.1) is 0 Å². The van der Waals surface area contributed by atoms with Gasteiger partial charge in [0.2, 0.25) is 0 Å². The van der Waals surface area contributed by atoms with Crippen molar-refractivity contribution in [2.24, 2.45) is 10.9 Å². The maximum atomic E-state index is 5.65. The van der Waals surface area contributed by atoms with Gasteiger partial charge in [0.1, 0.15) is 18.1 Å². The number of ether oxygens (including phenoxy) is 2. The Labute approximate surface area is 127 Å². The van der Waals surface area contributed by atoms with Crippen LogP contribution in [0.15, 0.2) is 29.3 Å². The number of hydrogen-bond donors (Lipinski definition) is 2. The van der Waals surface area contributed by atoms with E-state index in [2.05, 4.69) is 36.4 Å². The van der Waals surface area contributed by atoms with E-state index in [9.17, 15) is 0 Å². The third kappa shape index (κ3) is 6.38. The molecule has 1 atom stereocenters. The smallest absolute Gasteiger partial charge is 0.191 e. The van der Waals surface area contributed by atoms with E-state index in [-0.39, 0.29) is 0 Å². The molecule has 0 aliphatic carbocycles. The van der Waals surface area contributed by atoms with Crippen LogP contribution in [0.5, 0.6) is 11.5 Å². The van der Waals surface area contributed by atoms with Gasteiger partial charge in [-0.1, -0.05) is 13.8 Å². The molecule has 0 fully saturated rings. The number of nitrogens with one attached hydrogen (secondary N) is 2. The lowest BCUT2D eigenvalue weighted by atomic mass is 10.1. The highest BCUT2D eigenvalue weighted by atomic mass is 16.5. The van der Waals surface area contributed by atoms with Crippen LogP contribution in [0.25, 0.3) is 0 Å². The maximum absolute atomic E-state index is 5.65. The first-order valence-corrected chi connectivity index (χ1v) is 7.30. The van der Waals surface area contributed by atoms with Crippen molar-refractivity contribution in [1.82, 2.24) is 10.6 Å². The van der Waals surface area contributed by atoms with Crippen LogP contribution in [0.1, 0.15) is 20.8 Å². The first-order chi connectivity index (χ1) is 10.1. The molecule has 1 unspecified atom stereocenters. The van der Waals surface area contributed by atoms with Gasteiger partial charge in [0.25, 0.3) is 0 Å². The van der Waals surface area contributed by atoms with Crippen LogP contribution in [0.2, 0.25) is 0 Å². The van der Waals surface area contributed by atoms with Crippen LogP contribution in [0.4, 0.5) is 0 Å². The van der Waals surface area contributed by atoms with Crippen molar-refractivity contribution in [3.8, 4) is 11.5 Å². The van der Waals surface area contributed by atoms with Gasteiger partial charge >= 0.3 is 0 Å². The average Bonchev–Trinajstić information content (AvgIpc) is 2.50. The summed E-state index contributed by atoms with van der Waals surface area (Å²) < 4.78 is 10.8. The lowest BCUT2D eigenvalue weighted by Gasteiger charge is -2.20. The first-order valence-electron chi connectivity index (χ1n) is 7.30. The molecule has 21 heavy (non-hydrogen) atoms. The number of nitrogens with zero attached hydrogens (tertiary/aromatic N) is 1. The van der Waals surface area contributed by atoms with E-state index in [0.29, 0.717) is 25.1 Å². The largest absolute Gasteiger partial charge is 0.497 e. The molecule has 0 spiro atoms. The van der Waals surface area contributed by atoms with E-state index in [4.69, 9.17) is 9.47 Å². The second-order valence-electron chi connectivity index (χ2n) is 5.20. The maximum Gasteiger partial charge on any atom is 0.191 e. The number of benzene rings is 1. The monoisotopic (exact) mass is 293 g/mol. The molecule has 0 heterocycles. The summed E-state index contributed by atoms with van der Waals surface area (Å²) in [5.74, 6) is 3.01. The van der Waals surface area contributed by atoms with Crippen LogP contribution >= 0.6 is 0 Å². The number of hydrogen-bond acceptors (Lipinski definition) is 3. The number of rotatable bonds is 7. The molecule has 118 valence electrons. The second-order valence-corrected chi connectivity index (χ2v) is 5.20.